The molecule has 0 aliphatic carbocycles. The first-order chi connectivity index (χ1) is 7.81. The summed E-state index contributed by atoms with van der Waals surface area (Å²) in [6.07, 6.45) is 3.13. The molecule has 0 fully saturated rings. The van der Waals surface area contributed by atoms with Crippen molar-refractivity contribution in [3.63, 3.8) is 0 Å². The Morgan fingerprint density at radius 2 is 2.19 bits per heavy atom. The van der Waals surface area contributed by atoms with Gasteiger partial charge in [-0.3, -0.25) is 0 Å². The zero-order valence-corrected chi connectivity index (χ0v) is 11.3. The van der Waals surface area contributed by atoms with Gasteiger partial charge in [0.2, 0.25) is 0 Å². The number of ether oxygens (including phenoxy) is 1. The summed E-state index contributed by atoms with van der Waals surface area (Å²) in [7, 11) is 1.75. The van der Waals surface area contributed by atoms with Crippen LogP contribution >= 0.6 is 11.3 Å². The highest BCUT2D eigenvalue weighted by atomic mass is 32.1. The molecule has 4 heteroatoms. The minimum absolute atomic E-state index is 0.823. The van der Waals surface area contributed by atoms with Gasteiger partial charge in [-0.1, -0.05) is 13.8 Å². The lowest BCUT2D eigenvalue weighted by atomic mass is 10.3. The van der Waals surface area contributed by atoms with Crippen LogP contribution in [0.25, 0.3) is 0 Å². The SMILES string of the molecule is CCNCc1sc(CCCOC)nc1CC. The van der Waals surface area contributed by atoms with Crippen molar-refractivity contribution >= 4 is 11.3 Å². The number of nitrogens with zero attached hydrogens (tertiary/aromatic N) is 1. The molecular formula is C12H22N2OS. The number of nitrogens with one attached hydrogen (secondary N) is 1. The van der Waals surface area contributed by atoms with E-state index < -0.39 is 0 Å². The van der Waals surface area contributed by atoms with Gasteiger partial charge in [-0.25, -0.2) is 4.98 Å². The minimum Gasteiger partial charge on any atom is -0.385 e. The lowest BCUT2D eigenvalue weighted by molar-refractivity contribution is 0.195. The molecule has 0 radical (unpaired) electrons. The van der Waals surface area contributed by atoms with Crippen molar-refractivity contribution in [2.45, 2.75) is 39.7 Å². The number of methoxy groups -OCH3 is 1. The molecule has 0 atom stereocenters. The van der Waals surface area contributed by atoms with Crippen LogP contribution in [0.5, 0.6) is 0 Å². The molecule has 3 nitrogen and oxygen atoms in total. The van der Waals surface area contributed by atoms with Crippen molar-refractivity contribution in [1.82, 2.24) is 10.3 Å². The van der Waals surface area contributed by atoms with Gasteiger partial charge in [0.15, 0.2) is 0 Å². The molecule has 0 bridgehead atoms. The third-order valence-electron chi connectivity index (χ3n) is 2.43. The van der Waals surface area contributed by atoms with Gasteiger partial charge in [-0.05, 0) is 19.4 Å². The number of hydrogen-bond donors (Lipinski definition) is 1. The van der Waals surface area contributed by atoms with Crippen LogP contribution in [-0.4, -0.2) is 25.2 Å². The molecule has 1 N–H and O–H groups in total. The number of aryl methyl sites for hydroxylation is 2. The van der Waals surface area contributed by atoms with E-state index in [2.05, 4.69) is 24.1 Å². The van der Waals surface area contributed by atoms with Crippen LogP contribution in [0.2, 0.25) is 0 Å². The fourth-order valence-electron chi connectivity index (χ4n) is 1.56. The molecule has 0 spiro atoms. The largest absolute Gasteiger partial charge is 0.385 e. The first kappa shape index (κ1) is 13.6. The van der Waals surface area contributed by atoms with Gasteiger partial charge < -0.3 is 10.1 Å². The smallest absolute Gasteiger partial charge is 0.0932 e. The van der Waals surface area contributed by atoms with Crippen molar-refractivity contribution in [3.05, 3.63) is 15.6 Å². The second-order valence-electron chi connectivity index (χ2n) is 3.71. The molecule has 0 amide bonds. The van der Waals surface area contributed by atoms with Gasteiger partial charge in [-0.2, -0.15) is 0 Å². The molecule has 1 aromatic heterocycles. The van der Waals surface area contributed by atoms with E-state index in [1.54, 1.807) is 7.11 Å². The van der Waals surface area contributed by atoms with E-state index in [1.807, 2.05) is 11.3 Å². The Morgan fingerprint density at radius 3 is 2.81 bits per heavy atom. The Labute approximate surface area is 102 Å². The van der Waals surface area contributed by atoms with Gasteiger partial charge in [0.1, 0.15) is 0 Å². The Morgan fingerprint density at radius 1 is 1.38 bits per heavy atom. The summed E-state index contributed by atoms with van der Waals surface area (Å²) >= 11 is 1.85. The van der Waals surface area contributed by atoms with Crippen LogP contribution in [0.4, 0.5) is 0 Å². The number of thiazole rings is 1. The van der Waals surface area contributed by atoms with Crippen LogP contribution in [0, 0.1) is 0 Å². The maximum Gasteiger partial charge on any atom is 0.0932 e. The maximum absolute atomic E-state index is 5.06. The normalized spacial score (nSPS) is 10.9. The van der Waals surface area contributed by atoms with E-state index in [0.29, 0.717) is 0 Å². The van der Waals surface area contributed by atoms with Gasteiger partial charge in [0, 0.05) is 31.6 Å². The van der Waals surface area contributed by atoms with Crippen LogP contribution in [0.1, 0.15) is 35.8 Å². The fourth-order valence-corrected chi connectivity index (χ4v) is 2.73. The van der Waals surface area contributed by atoms with Crippen molar-refractivity contribution in [3.8, 4) is 0 Å². The molecule has 1 rings (SSSR count). The van der Waals surface area contributed by atoms with Gasteiger partial charge in [0.05, 0.1) is 10.7 Å². The first-order valence-electron chi connectivity index (χ1n) is 5.98. The van der Waals surface area contributed by atoms with Crippen molar-refractivity contribution in [1.29, 1.82) is 0 Å². The topological polar surface area (TPSA) is 34.1 Å². The van der Waals surface area contributed by atoms with Gasteiger partial charge in [-0.15, -0.1) is 11.3 Å². The summed E-state index contributed by atoms with van der Waals surface area (Å²) in [4.78, 5) is 6.08. The standard InChI is InChI=1S/C12H22N2OS/c1-4-10-11(9-13-5-2)16-12(14-10)7-6-8-15-3/h13H,4-9H2,1-3H3. The molecule has 0 unspecified atom stereocenters. The zero-order chi connectivity index (χ0) is 11.8. The van der Waals surface area contributed by atoms with Crippen molar-refractivity contribution in [2.24, 2.45) is 0 Å². The summed E-state index contributed by atoms with van der Waals surface area (Å²) in [6.45, 7) is 7.10. The minimum atomic E-state index is 0.823. The molecule has 0 aromatic carbocycles. The fraction of sp³-hybridized carbons (Fsp3) is 0.750. The highest BCUT2D eigenvalue weighted by molar-refractivity contribution is 7.11. The van der Waals surface area contributed by atoms with E-state index in [1.165, 1.54) is 15.6 Å². The summed E-state index contributed by atoms with van der Waals surface area (Å²) in [5.74, 6) is 0. The predicted octanol–water partition coefficient (Wildman–Crippen LogP) is 2.39. The quantitative estimate of drug-likeness (QED) is 0.711. The second kappa shape index (κ2) is 7.76. The third kappa shape index (κ3) is 4.20. The number of rotatable bonds is 8. The van der Waals surface area contributed by atoms with E-state index in [0.717, 1.165) is 39.0 Å². The highest BCUT2D eigenvalue weighted by Gasteiger charge is 2.08. The van der Waals surface area contributed by atoms with Crippen LogP contribution in [0.3, 0.4) is 0 Å². The van der Waals surface area contributed by atoms with Crippen molar-refractivity contribution < 1.29 is 4.74 Å². The zero-order valence-electron chi connectivity index (χ0n) is 10.5. The summed E-state index contributed by atoms with van der Waals surface area (Å²) < 4.78 is 5.06. The molecule has 0 aliphatic heterocycles. The molecule has 1 heterocycles. The average molecular weight is 242 g/mol. The van der Waals surface area contributed by atoms with E-state index in [4.69, 9.17) is 4.74 Å². The van der Waals surface area contributed by atoms with Gasteiger partial charge in [0.25, 0.3) is 0 Å². The van der Waals surface area contributed by atoms with E-state index >= 15 is 0 Å². The molecule has 0 saturated carbocycles. The Kier molecular flexibility index (Phi) is 6.61. The molecular weight excluding hydrogens is 220 g/mol. The summed E-state index contributed by atoms with van der Waals surface area (Å²) in [6, 6.07) is 0. The molecule has 1 aromatic rings. The van der Waals surface area contributed by atoms with E-state index in [9.17, 15) is 0 Å². The van der Waals surface area contributed by atoms with Crippen LogP contribution in [0.15, 0.2) is 0 Å². The molecule has 16 heavy (non-hydrogen) atoms. The monoisotopic (exact) mass is 242 g/mol. The number of aromatic nitrogens is 1. The molecule has 0 saturated heterocycles. The van der Waals surface area contributed by atoms with E-state index in [-0.39, 0.29) is 0 Å². The Bertz CT molecular complexity index is 299. The first-order valence-corrected chi connectivity index (χ1v) is 6.80. The maximum atomic E-state index is 5.06. The lowest BCUT2D eigenvalue weighted by Crippen LogP contribution is -2.11. The summed E-state index contributed by atoms with van der Waals surface area (Å²) in [5, 5.41) is 4.62. The molecule has 0 aliphatic rings. The predicted molar refractivity (Wildman–Crippen MR) is 69.1 cm³/mol. The van der Waals surface area contributed by atoms with Crippen molar-refractivity contribution in [2.75, 3.05) is 20.3 Å². The Balaban J connectivity index is 2.54. The van der Waals surface area contributed by atoms with Gasteiger partial charge >= 0.3 is 0 Å². The second-order valence-corrected chi connectivity index (χ2v) is 4.88. The average Bonchev–Trinajstić information content (AvgIpc) is 2.69. The van der Waals surface area contributed by atoms with Crippen LogP contribution < -0.4 is 5.32 Å². The third-order valence-corrected chi connectivity index (χ3v) is 3.59. The highest BCUT2D eigenvalue weighted by Crippen LogP contribution is 2.20. The number of hydrogen-bond acceptors (Lipinski definition) is 4. The lowest BCUT2D eigenvalue weighted by Gasteiger charge is -1.99. The summed E-state index contributed by atoms with van der Waals surface area (Å²) in [5.41, 5.74) is 1.26. The Hall–Kier alpha value is -0.450. The molecule has 92 valence electrons. The van der Waals surface area contributed by atoms with Crippen LogP contribution in [-0.2, 0) is 24.1 Å².